The zero-order valence-electron chi connectivity index (χ0n) is 28.2. The summed E-state index contributed by atoms with van der Waals surface area (Å²) in [7, 11) is 0. The van der Waals surface area contributed by atoms with Crippen LogP contribution in [0.25, 0.3) is 0 Å². The van der Waals surface area contributed by atoms with Crippen LogP contribution in [0, 0.1) is 16.7 Å². The number of hydrogen-bond acceptors (Lipinski definition) is 13. The second-order valence-corrected chi connectivity index (χ2v) is 16.5. The van der Waals surface area contributed by atoms with Gasteiger partial charge in [-0.3, -0.25) is 14.4 Å². The number of carbonyl (C=O) groups excluding carboxylic acids is 5. The molecule has 1 aromatic carbocycles. The van der Waals surface area contributed by atoms with Crippen molar-refractivity contribution >= 4 is 64.6 Å². The van der Waals surface area contributed by atoms with E-state index in [-0.39, 0.29) is 29.7 Å². The lowest BCUT2D eigenvalue weighted by atomic mass is 9.44. The van der Waals surface area contributed by atoms with E-state index in [1.807, 2.05) is 0 Å². The van der Waals surface area contributed by atoms with Gasteiger partial charge < -0.3 is 38.6 Å². The Morgan fingerprint density at radius 2 is 1.64 bits per heavy atom. The van der Waals surface area contributed by atoms with E-state index in [9.17, 15) is 29.4 Å². The number of esters is 3. The Morgan fingerprint density at radius 1 is 1.00 bits per heavy atom. The van der Waals surface area contributed by atoms with Gasteiger partial charge in [0.15, 0.2) is 17.5 Å². The van der Waals surface area contributed by atoms with Crippen molar-refractivity contribution < 1.29 is 62.6 Å². The van der Waals surface area contributed by atoms with Gasteiger partial charge in [-0.05, 0) is 37.1 Å². The first-order valence-corrected chi connectivity index (χ1v) is 17.0. The van der Waals surface area contributed by atoms with Crippen molar-refractivity contribution in [2.75, 3.05) is 13.2 Å². The largest absolute Gasteiger partial charge is 0.508 e. The van der Waals surface area contributed by atoms with Gasteiger partial charge in [-0.15, -0.1) is 0 Å². The van der Waals surface area contributed by atoms with E-state index in [1.54, 1.807) is 32.0 Å². The van der Waals surface area contributed by atoms with E-state index in [2.05, 4.69) is 0 Å². The third-order valence-corrected chi connectivity index (χ3v) is 11.1. The van der Waals surface area contributed by atoms with Crippen molar-refractivity contribution in [2.45, 2.75) is 99.9 Å². The number of alkyl halides is 3. The highest BCUT2D eigenvalue weighted by molar-refractivity contribution is 6.67. The molecule has 5 rings (SSSR count). The third kappa shape index (κ3) is 6.28. The van der Waals surface area contributed by atoms with Crippen molar-refractivity contribution in [3.63, 3.8) is 0 Å². The summed E-state index contributed by atoms with van der Waals surface area (Å²) in [4.78, 5) is 68.0. The molecular formula is C34H39Cl3O13. The Bertz CT molecular complexity index is 1610. The second kappa shape index (κ2) is 13.2. The Balaban J connectivity index is 1.82. The fourth-order valence-electron chi connectivity index (χ4n) is 8.35. The molecule has 3 fully saturated rings. The molecular weight excluding hydrogens is 723 g/mol. The number of benzene rings is 1. The average molecular weight is 762 g/mol. The number of Topliss-reactive ketones (excluding diaryl/α,β-unsaturated/α-hetero) is 1. The van der Waals surface area contributed by atoms with Gasteiger partial charge >= 0.3 is 24.1 Å². The Labute approximate surface area is 303 Å². The van der Waals surface area contributed by atoms with Gasteiger partial charge in [-0.25, -0.2) is 9.59 Å². The quantitative estimate of drug-likeness (QED) is 0.183. The van der Waals surface area contributed by atoms with Crippen LogP contribution in [-0.4, -0.2) is 98.8 Å². The molecule has 16 heteroatoms. The van der Waals surface area contributed by atoms with Gasteiger partial charge in [0.25, 0.3) is 0 Å². The molecule has 3 aliphatic carbocycles. The van der Waals surface area contributed by atoms with Crippen LogP contribution in [0.4, 0.5) is 4.79 Å². The van der Waals surface area contributed by atoms with Gasteiger partial charge in [0.1, 0.15) is 30.5 Å². The zero-order chi connectivity index (χ0) is 37.2. The van der Waals surface area contributed by atoms with E-state index in [0.29, 0.717) is 0 Å². The number of ketones is 1. The maximum atomic E-state index is 15.4. The fraction of sp³-hybridized carbons (Fsp3) is 0.618. The summed E-state index contributed by atoms with van der Waals surface area (Å²) < 4.78 is 32.7. The van der Waals surface area contributed by atoms with Crippen LogP contribution >= 0.6 is 34.8 Å². The summed E-state index contributed by atoms with van der Waals surface area (Å²) >= 11 is 17.3. The molecule has 4 aliphatic rings. The minimum atomic E-state index is -2.25. The lowest BCUT2D eigenvalue weighted by molar-refractivity contribution is -0.346. The zero-order valence-corrected chi connectivity index (χ0v) is 30.5. The van der Waals surface area contributed by atoms with Gasteiger partial charge in [-0.1, -0.05) is 66.8 Å². The molecule has 13 nitrogen and oxygen atoms in total. The summed E-state index contributed by atoms with van der Waals surface area (Å²) in [5.74, 6) is -4.97. The first kappa shape index (κ1) is 38.3. The topological polar surface area (TPSA) is 181 Å². The van der Waals surface area contributed by atoms with Crippen molar-refractivity contribution in [3.05, 3.63) is 47.0 Å². The Morgan fingerprint density at radius 3 is 2.18 bits per heavy atom. The fourth-order valence-corrected chi connectivity index (χ4v) is 8.51. The summed E-state index contributed by atoms with van der Waals surface area (Å²) in [5, 5.41) is 24.6. The van der Waals surface area contributed by atoms with Crippen LogP contribution in [-0.2, 0) is 42.8 Å². The van der Waals surface area contributed by atoms with Crippen LogP contribution in [0.1, 0.15) is 64.7 Å². The van der Waals surface area contributed by atoms with E-state index in [4.69, 9.17) is 63.2 Å². The standard InChI is InChI=1S/C34H39Cl3O13/c1-16-20(40)13-33(44)27(49-28(42)19-10-8-7-9-11-19)25-31(6,26(41)24(47-17(2)38)23(16)30(33,4)5)21(48-29(43)46-15-34(35,36)37)12-22-32(25,14-45-22)50-18(3)39/h7-11,20-22,24-25,27,40,44H,12-15H2,1-6H3/t20?,21?,22?,24?,25?,27?,31-,32+,33?/m1/s1. The van der Waals surface area contributed by atoms with Crippen molar-refractivity contribution in [3.8, 4) is 0 Å². The van der Waals surface area contributed by atoms with Crippen LogP contribution in [0.15, 0.2) is 41.5 Å². The van der Waals surface area contributed by atoms with Crippen LogP contribution in [0.2, 0.25) is 0 Å². The number of hydrogen-bond donors (Lipinski definition) is 2. The summed E-state index contributed by atoms with van der Waals surface area (Å²) in [5.41, 5.74) is -7.26. The minimum absolute atomic E-state index is 0.0606. The van der Waals surface area contributed by atoms with Crippen LogP contribution < -0.4 is 0 Å². The number of ether oxygens (including phenoxy) is 6. The molecule has 1 saturated heterocycles. The summed E-state index contributed by atoms with van der Waals surface area (Å²) in [6.45, 7) is 7.27. The predicted octanol–water partition coefficient (Wildman–Crippen LogP) is 4.18. The number of aliphatic hydroxyl groups is 2. The number of aliphatic hydroxyl groups excluding tert-OH is 1. The molecule has 0 aromatic heterocycles. The van der Waals surface area contributed by atoms with Crippen LogP contribution in [0.5, 0.6) is 0 Å². The molecule has 2 saturated carbocycles. The number of carbonyl (C=O) groups is 5. The average Bonchev–Trinajstić information content (AvgIpc) is 3.01. The van der Waals surface area contributed by atoms with Crippen LogP contribution in [0.3, 0.4) is 0 Å². The van der Waals surface area contributed by atoms with E-state index >= 15 is 4.79 Å². The molecule has 9 atom stereocenters. The third-order valence-electron chi connectivity index (χ3n) is 10.8. The molecule has 0 radical (unpaired) electrons. The van der Waals surface area contributed by atoms with E-state index in [0.717, 1.165) is 13.8 Å². The van der Waals surface area contributed by atoms with Gasteiger partial charge in [0.2, 0.25) is 3.79 Å². The normalized spacial score (nSPS) is 35.9. The Kier molecular flexibility index (Phi) is 10.1. The highest BCUT2D eigenvalue weighted by atomic mass is 35.6. The molecule has 1 aliphatic heterocycles. The van der Waals surface area contributed by atoms with E-state index < -0.39 is 105 Å². The molecule has 2 N–H and O–H groups in total. The molecule has 50 heavy (non-hydrogen) atoms. The highest BCUT2D eigenvalue weighted by Gasteiger charge is 2.79. The lowest BCUT2D eigenvalue weighted by Crippen LogP contribution is -2.82. The first-order chi connectivity index (χ1) is 23.1. The molecule has 1 heterocycles. The molecule has 0 amide bonds. The summed E-state index contributed by atoms with van der Waals surface area (Å²) in [6.07, 6.45) is -9.52. The highest BCUT2D eigenvalue weighted by Crippen LogP contribution is 2.64. The van der Waals surface area contributed by atoms with Crippen molar-refractivity contribution in [1.29, 1.82) is 0 Å². The maximum Gasteiger partial charge on any atom is 0.508 e. The monoisotopic (exact) mass is 760 g/mol. The molecule has 7 unspecified atom stereocenters. The second-order valence-electron chi connectivity index (χ2n) is 14.0. The first-order valence-electron chi connectivity index (χ1n) is 15.9. The molecule has 2 bridgehead atoms. The van der Waals surface area contributed by atoms with Crippen molar-refractivity contribution in [1.82, 2.24) is 0 Å². The minimum Gasteiger partial charge on any atom is -0.455 e. The number of halogens is 3. The van der Waals surface area contributed by atoms with Gasteiger partial charge in [-0.2, -0.15) is 0 Å². The van der Waals surface area contributed by atoms with Crippen molar-refractivity contribution in [2.24, 2.45) is 16.7 Å². The number of rotatable bonds is 6. The number of fused-ring (bicyclic) bond motifs is 5. The smallest absolute Gasteiger partial charge is 0.455 e. The van der Waals surface area contributed by atoms with Gasteiger partial charge in [0.05, 0.1) is 29.6 Å². The summed E-state index contributed by atoms with van der Waals surface area (Å²) in [6, 6.07) is 7.85. The predicted molar refractivity (Wildman–Crippen MR) is 175 cm³/mol. The SMILES string of the molecule is CC(=O)OC1C(=O)[C@]2(C)C(OC(=O)OCC(Cl)(Cl)Cl)CC3OC[C@@]3(OC(C)=O)C2C(OC(=O)c2ccccc2)C2(O)CC(O)C(C)=C1C2(C)C. The lowest BCUT2D eigenvalue weighted by Gasteiger charge is -2.67. The molecule has 274 valence electrons. The maximum absolute atomic E-state index is 15.4. The molecule has 1 aromatic rings. The van der Waals surface area contributed by atoms with Gasteiger partial charge in [0, 0.05) is 32.1 Å². The Hall–Kier alpha value is -2.94. The van der Waals surface area contributed by atoms with E-state index in [1.165, 1.54) is 26.0 Å². The molecule has 0 spiro atoms.